The fourth-order valence-corrected chi connectivity index (χ4v) is 2.92. The first-order chi connectivity index (χ1) is 6.69. The Kier molecular flexibility index (Phi) is 3.30. The largest absolute Gasteiger partial charge is 0.297 e. The third kappa shape index (κ3) is 2.25. The molecule has 0 aromatic carbocycles. The number of ketones is 1. The lowest BCUT2D eigenvalue weighted by Gasteiger charge is -2.44. The lowest BCUT2D eigenvalue weighted by Crippen LogP contribution is -2.57. The minimum Gasteiger partial charge on any atom is -0.297 e. The SMILES string of the molecule is CC(C)C(=O)C1(C)CCCN1C(C)(C)C. The van der Waals surface area contributed by atoms with Crippen LogP contribution in [-0.2, 0) is 4.79 Å². The molecule has 1 heterocycles. The minimum atomic E-state index is -0.230. The van der Waals surface area contributed by atoms with Crippen LogP contribution in [0.3, 0.4) is 0 Å². The van der Waals surface area contributed by atoms with E-state index >= 15 is 0 Å². The molecule has 0 saturated carbocycles. The van der Waals surface area contributed by atoms with E-state index in [0.29, 0.717) is 5.78 Å². The van der Waals surface area contributed by atoms with E-state index in [0.717, 1.165) is 19.4 Å². The van der Waals surface area contributed by atoms with Crippen molar-refractivity contribution in [1.82, 2.24) is 4.90 Å². The van der Waals surface area contributed by atoms with Gasteiger partial charge in [-0.05, 0) is 47.1 Å². The number of hydrogen-bond acceptors (Lipinski definition) is 2. The number of likely N-dealkylation sites (tertiary alicyclic amines) is 1. The molecule has 0 aromatic rings. The van der Waals surface area contributed by atoms with Crippen LogP contribution in [-0.4, -0.2) is 28.3 Å². The van der Waals surface area contributed by atoms with Crippen LogP contribution in [0.5, 0.6) is 0 Å². The lowest BCUT2D eigenvalue weighted by molar-refractivity contribution is -0.134. The second kappa shape index (κ2) is 3.89. The molecule has 2 nitrogen and oxygen atoms in total. The summed E-state index contributed by atoms with van der Waals surface area (Å²) in [4.78, 5) is 14.7. The molecule has 1 aliphatic heterocycles. The molecule has 88 valence electrons. The second-order valence-corrected chi connectivity index (χ2v) is 6.22. The molecule has 0 radical (unpaired) electrons. The molecule has 1 saturated heterocycles. The smallest absolute Gasteiger partial charge is 0.155 e. The van der Waals surface area contributed by atoms with Crippen molar-refractivity contribution in [1.29, 1.82) is 0 Å². The Morgan fingerprint density at radius 3 is 2.27 bits per heavy atom. The predicted octanol–water partition coefficient (Wildman–Crippen LogP) is 2.86. The van der Waals surface area contributed by atoms with Gasteiger partial charge in [0.05, 0.1) is 5.54 Å². The topological polar surface area (TPSA) is 20.3 Å². The Morgan fingerprint density at radius 2 is 1.87 bits per heavy atom. The highest BCUT2D eigenvalue weighted by Gasteiger charge is 2.47. The van der Waals surface area contributed by atoms with Crippen molar-refractivity contribution in [3.05, 3.63) is 0 Å². The number of nitrogens with zero attached hydrogens (tertiary/aromatic N) is 1. The van der Waals surface area contributed by atoms with Crippen LogP contribution in [0, 0.1) is 5.92 Å². The van der Waals surface area contributed by atoms with E-state index in [2.05, 4.69) is 32.6 Å². The van der Waals surface area contributed by atoms with Crippen molar-refractivity contribution in [2.45, 2.75) is 65.5 Å². The molecular formula is C13H25NO. The molecule has 2 heteroatoms. The van der Waals surface area contributed by atoms with Crippen LogP contribution in [0.1, 0.15) is 54.4 Å². The summed E-state index contributed by atoms with van der Waals surface area (Å²) in [7, 11) is 0. The van der Waals surface area contributed by atoms with E-state index in [1.54, 1.807) is 0 Å². The van der Waals surface area contributed by atoms with Crippen molar-refractivity contribution in [3.8, 4) is 0 Å². The Morgan fingerprint density at radius 1 is 1.33 bits per heavy atom. The first kappa shape index (κ1) is 12.7. The van der Waals surface area contributed by atoms with Crippen LogP contribution in [0.25, 0.3) is 0 Å². The molecular weight excluding hydrogens is 186 g/mol. The zero-order valence-corrected chi connectivity index (χ0v) is 11.1. The van der Waals surface area contributed by atoms with Crippen molar-refractivity contribution in [2.24, 2.45) is 5.92 Å². The summed E-state index contributed by atoms with van der Waals surface area (Å²) in [6.07, 6.45) is 2.16. The summed E-state index contributed by atoms with van der Waals surface area (Å²) >= 11 is 0. The highest BCUT2D eigenvalue weighted by Crippen LogP contribution is 2.37. The van der Waals surface area contributed by atoms with Crippen LogP contribution in [0.2, 0.25) is 0 Å². The van der Waals surface area contributed by atoms with E-state index < -0.39 is 0 Å². The Balaban J connectivity index is 2.96. The molecule has 0 aliphatic carbocycles. The molecule has 0 amide bonds. The number of rotatable bonds is 2. The Hall–Kier alpha value is -0.370. The fourth-order valence-electron chi connectivity index (χ4n) is 2.92. The first-order valence-corrected chi connectivity index (χ1v) is 6.01. The van der Waals surface area contributed by atoms with Crippen LogP contribution >= 0.6 is 0 Å². The summed E-state index contributed by atoms with van der Waals surface area (Å²) in [5, 5.41) is 0. The molecule has 1 fully saturated rings. The predicted molar refractivity (Wildman–Crippen MR) is 63.9 cm³/mol. The highest BCUT2D eigenvalue weighted by atomic mass is 16.1. The van der Waals surface area contributed by atoms with Crippen LogP contribution < -0.4 is 0 Å². The van der Waals surface area contributed by atoms with Gasteiger partial charge in [0.1, 0.15) is 0 Å². The Bertz CT molecular complexity index is 252. The Labute approximate surface area is 94.0 Å². The number of Topliss-reactive ketones (excluding diaryl/α,β-unsaturated/α-hetero) is 1. The molecule has 0 N–H and O–H groups in total. The van der Waals surface area contributed by atoms with E-state index in [1.807, 2.05) is 13.8 Å². The van der Waals surface area contributed by atoms with Gasteiger partial charge in [-0.25, -0.2) is 0 Å². The fraction of sp³-hybridized carbons (Fsp3) is 0.923. The van der Waals surface area contributed by atoms with Gasteiger partial charge in [0.25, 0.3) is 0 Å². The first-order valence-electron chi connectivity index (χ1n) is 6.01. The van der Waals surface area contributed by atoms with Gasteiger partial charge in [-0.2, -0.15) is 0 Å². The zero-order chi connectivity index (χ0) is 11.9. The van der Waals surface area contributed by atoms with Gasteiger partial charge < -0.3 is 0 Å². The van der Waals surface area contributed by atoms with E-state index in [9.17, 15) is 4.79 Å². The molecule has 0 bridgehead atoms. The summed E-state index contributed by atoms with van der Waals surface area (Å²) in [6, 6.07) is 0. The monoisotopic (exact) mass is 211 g/mol. The highest BCUT2D eigenvalue weighted by molar-refractivity contribution is 5.90. The van der Waals surface area contributed by atoms with Crippen molar-refractivity contribution in [2.75, 3.05) is 6.54 Å². The molecule has 15 heavy (non-hydrogen) atoms. The maximum Gasteiger partial charge on any atom is 0.155 e. The van der Waals surface area contributed by atoms with Crippen molar-refractivity contribution < 1.29 is 4.79 Å². The normalized spacial score (nSPS) is 28.7. The quantitative estimate of drug-likeness (QED) is 0.700. The summed E-state index contributed by atoms with van der Waals surface area (Å²) in [5.41, 5.74) is -0.137. The molecule has 0 spiro atoms. The van der Waals surface area contributed by atoms with E-state index in [-0.39, 0.29) is 17.0 Å². The average molecular weight is 211 g/mol. The van der Waals surface area contributed by atoms with E-state index in [4.69, 9.17) is 0 Å². The number of carbonyl (C=O) groups is 1. The lowest BCUT2D eigenvalue weighted by atomic mass is 9.84. The third-order valence-corrected chi connectivity index (χ3v) is 3.51. The van der Waals surface area contributed by atoms with Crippen molar-refractivity contribution in [3.63, 3.8) is 0 Å². The summed E-state index contributed by atoms with van der Waals surface area (Å²) in [5.74, 6) is 0.535. The second-order valence-electron chi connectivity index (χ2n) is 6.22. The molecule has 1 rings (SSSR count). The maximum absolute atomic E-state index is 12.3. The summed E-state index contributed by atoms with van der Waals surface area (Å²) in [6.45, 7) is 13.8. The van der Waals surface area contributed by atoms with E-state index in [1.165, 1.54) is 0 Å². The van der Waals surface area contributed by atoms with Gasteiger partial charge in [-0.3, -0.25) is 9.69 Å². The standard InChI is InChI=1S/C13H25NO/c1-10(2)11(15)13(6)8-7-9-14(13)12(3,4)5/h10H,7-9H2,1-6H3. The molecule has 1 atom stereocenters. The molecule has 1 unspecified atom stereocenters. The maximum atomic E-state index is 12.3. The van der Waals surface area contributed by atoms with Gasteiger partial charge in [-0.1, -0.05) is 13.8 Å². The van der Waals surface area contributed by atoms with Crippen LogP contribution in [0.4, 0.5) is 0 Å². The number of hydrogen-bond donors (Lipinski definition) is 0. The van der Waals surface area contributed by atoms with Gasteiger partial charge in [-0.15, -0.1) is 0 Å². The van der Waals surface area contributed by atoms with Crippen LogP contribution in [0.15, 0.2) is 0 Å². The summed E-state index contributed by atoms with van der Waals surface area (Å²) < 4.78 is 0. The average Bonchev–Trinajstić information content (AvgIpc) is 2.46. The van der Waals surface area contributed by atoms with Gasteiger partial charge in [0, 0.05) is 11.5 Å². The van der Waals surface area contributed by atoms with Crippen molar-refractivity contribution >= 4 is 5.78 Å². The third-order valence-electron chi connectivity index (χ3n) is 3.51. The van der Waals surface area contributed by atoms with Gasteiger partial charge >= 0.3 is 0 Å². The van der Waals surface area contributed by atoms with Gasteiger partial charge in [0.2, 0.25) is 0 Å². The molecule has 1 aliphatic rings. The number of carbonyl (C=O) groups excluding carboxylic acids is 1. The zero-order valence-electron chi connectivity index (χ0n) is 11.1. The minimum absolute atomic E-state index is 0.0931. The van der Waals surface area contributed by atoms with Gasteiger partial charge in [0.15, 0.2) is 5.78 Å². The molecule has 0 aromatic heterocycles.